The van der Waals surface area contributed by atoms with Gasteiger partial charge in [-0.3, -0.25) is 0 Å². The maximum absolute atomic E-state index is 13.5. The zero-order valence-corrected chi connectivity index (χ0v) is 9.07. The van der Waals surface area contributed by atoms with Gasteiger partial charge in [0.05, 0.1) is 4.47 Å². The van der Waals surface area contributed by atoms with Crippen LogP contribution in [0.5, 0.6) is 0 Å². The van der Waals surface area contributed by atoms with E-state index in [1.807, 2.05) is 6.07 Å². The van der Waals surface area contributed by atoms with Crippen molar-refractivity contribution >= 4 is 15.9 Å². The molecule has 13 heavy (non-hydrogen) atoms. The first-order chi connectivity index (χ1) is 6.18. The number of fused-ring (bicyclic) bond motifs is 1. The van der Waals surface area contributed by atoms with Crippen molar-refractivity contribution in [2.24, 2.45) is 0 Å². The van der Waals surface area contributed by atoms with Gasteiger partial charge in [0.2, 0.25) is 0 Å². The van der Waals surface area contributed by atoms with E-state index in [1.54, 1.807) is 6.07 Å². The molecule has 0 saturated carbocycles. The Bertz CT molecular complexity index is 338. The second-order valence-electron chi connectivity index (χ2n) is 3.49. The summed E-state index contributed by atoms with van der Waals surface area (Å²) < 4.78 is 14.1. The summed E-state index contributed by atoms with van der Waals surface area (Å²) in [6, 6.07) is 3.78. The summed E-state index contributed by atoms with van der Waals surface area (Å²) >= 11 is 3.20. The summed E-state index contributed by atoms with van der Waals surface area (Å²) in [5.74, 6) is -0.0781. The van der Waals surface area contributed by atoms with Crippen molar-refractivity contribution in [3.8, 4) is 0 Å². The number of hydrogen-bond donors (Lipinski definition) is 0. The summed E-state index contributed by atoms with van der Waals surface area (Å²) in [6.07, 6.45) is 0.817. The minimum Gasteiger partial charge on any atom is -0.302 e. The monoisotopic (exact) mass is 243 g/mol. The lowest BCUT2D eigenvalue weighted by Gasteiger charge is -2.25. The minimum atomic E-state index is -0.0781. The van der Waals surface area contributed by atoms with Gasteiger partial charge in [-0.2, -0.15) is 0 Å². The molecule has 1 nitrogen and oxygen atoms in total. The zero-order valence-electron chi connectivity index (χ0n) is 7.48. The van der Waals surface area contributed by atoms with Crippen LogP contribution < -0.4 is 0 Å². The average molecular weight is 244 g/mol. The van der Waals surface area contributed by atoms with Crippen molar-refractivity contribution in [3.05, 3.63) is 33.5 Å². The number of nitrogens with zero attached hydrogens (tertiary/aromatic N) is 1. The Morgan fingerprint density at radius 3 is 3.00 bits per heavy atom. The van der Waals surface area contributed by atoms with Crippen molar-refractivity contribution in [2.45, 2.75) is 13.0 Å². The molecule has 1 aromatic rings. The van der Waals surface area contributed by atoms with Gasteiger partial charge in [-0.25, -0.2) is 4.39 Å². The fourth-order valence-corrected chi connectivity index (χ4v) is 2.10. The Hall–Kier alpha value is -0.410. The lowest BCUT2D eigenvalue weighted by Crippen LogP contribution is -2.27. The summed E-state index contributed by atoms with van der Waals surface area (Å²) in [6.45, 7) is 1.81. The molecule has 0 amide bonds. The topological polar surface area (TPSA) is 3.24 Å². The molecule has 70 valence electrons. The fraction of sp³-hybridized carbons (Fsp3) is 0.400. The van der Waals surface area contributed by atoms with E-state index in [2.05, 4.69) is 27.9 Å². The van der Waals surface area contributed by atoms with Gasteiger partial charge in [-0.1, -0.05) is 6.07 Å². The van der Waals surface area contributed by atoms with Gasteiger partial charge >= 0.3 is 0 Å². The molecule has 1 aliphatic rings. The van der Waals surface area contributed by atoms with Gasteiger partial charge in [0, 0.05) is 13.1 Å². The van der Waals surface area contributed by atoms with Crippen LogP contribution in [0.1, 0.15) is 11.1 Å². The van der Waals surface area contributed by atoms with Gasteiger partial charge in [0.15, 0.2) is 0 Å². The number of halogens is 2. The van der Waals surface area contributed by atoms with Crippen LogP contribution in [0.25, 0.3) is 0 Å². The van der Waals surface area contributed by atoms with Gasteiger partial charge < -0.3 is 4.90 Å². The fourth-order valence-electron chi connectivity index (χ4n) is 1.72. The second-order valence-corrected chi connectivity index (χ2v) is 4.34. The average Bonchev–Trinajstić information content (AvgIpc) is 2.12. The van der Waals surface area contributed by atoms with E-state index in [0.717, 1.165) is 30.6 Å². The summed E-state index contributed by atoms with van der Waals surface area (Å²) in [4.78, 5) is 2.20. The largest absolute Gasteiger partial charge is 0.302 e. The Morgan fingerprint density at radius 2 is 2.23 bits per heavy atom. The Morgan fingerprint density at radius 1 is 1.46 bits per heavy atom. The molecule has 0 fully saturated rings. The summed E-state index contributed by atoms with van der Waals surface area (Å²) in [5, 5.41) is 0. The van der Waals surface area contributed by atoms with Crippen LogP contribution in [0.15, 0.2) is 16.6 Å². The van der Waals surface area contributed by atoms with Crippen LogP contribution in [-0.2, 0) is 13.0 Å². The SMILES string of the molecule is CN1CCc2c(ccc(Br)c2F)C1. The molecule has 1 aliphatic heterocycles. The molecule has 0 unspecified atom stereocenters. The van der Waals surface area contributed by atoms with E-state index in [4.69, 9.17) is 0 Å². The molecule has 0 bridgehead atoms. The molecule has 0 atom stereocenters. The lowest BCUT2D eigenvalue weighted by molar-refractivity contribution is 0.308. The highest BCUT2D eigenvalue weighted by molar-refractivity contribution is 9.10. The second kappa shape index (κ2) is 3.39. The molecule has 3 heteroatoms. The van der Waals surface area contributed by atoms with Crippen LogP contribution in [0.2, 0.25) is 0 Å². The Labute approximate surface area is 85.7 Å². The minimum absolute atomic E-state index is 0.0781. The third kappa shape index (κ3) is 1.63. The molecule has 0 spiro atoms. The third-order valence-electron chi connectivity index (χ3n) is 2.48. The highest BCUT2D eigenvalue weighted by Crippen LogP contribution is 2.26. The van der Waals surface area contributed by atoms with Crippen LogP contribution in [0.3, 0.4) is 0 Å². The molecular weight excluding hydrogens is 233 g/mol. The number of likely N-dealkylation sites (N-methyl/N-ethyl adjacent to an activating group) is 1. The number of hydrogen-bond acceptors (Lipinski definition) is 1. The van der Waals surface area contributed by atoms with Crippen molar-refractivity contribution in [3.63, 3.8) is 0 Å². The van der Waals surface area contributed by atoms with E-state index in [0.29, 0.717) is 4.47 Å². The van der Waals surface area contributed by atoms with Gasteiger partial charge in [-0.15, -0.1) is 0 Å². The molecule has 1 aromatic carbocycles. The molecule has 0 aliphatic carbocycles. The maximum atomic E-state index is 13.5. The standard InChI is InChI=1S/C10H11BrFN/c1-13-5-4-8-7(6-13)2-3-9(11)10(8)12/h2-3H,4-6H2,1H3. The van der Waals surface area contributed by atoms with E-state index in [9.17, 15) is 4.39 Å². The Balaban J connectivity index is 2.47. The van der Waals surface area contributed by atoms with E-state index in [1.165, 1.54) is 0 Å². The highest BCUT2D eigenvalue weighted by atomic mass is 79.9. The van der Waals surface area contributed by atoms with Crippen molar-refractivity contribution in [2.75, 3.05) is 13.6 Å². The number of rotatable bonds is 0. The third-order valence-corrected chi connectivity index (χ3v) is 3.09. The molecule has 1 heterocycles. The molecular formula is C10H11BrFN. The molecule has 0 radical (unpaired) electrons. The van der Waals surface area contributed by atoms with Crippen LogP contribution in [-0.4, -0.2) is 18.5 Å². The lowest BCUT2D eigenvalue weighted by atomic mass is 10.00. The van der Waals surface area contributed by atoms with Crippen molar-refractivity contribution in [1.29, 1.82) is 0 Å². The molecule has 2 rings (SSSR count). The summed E-state index contributed by atoms with van der Waals surface area (Å²) in [7, 11) is 2.06. The normalized spacial score (nSPS) is 17.2. The number of benzene rings is 1. The van der Waals surface area contributed by atoms with E-state index >= 15 is 0 Å². The molecule has 0 N–H and O–H groups in total. The van der Waals surface area contributed by atoms with Gasteiger partial charge in [0.25, 0.3) is 0 Å². The maximum Gasteiger partial charge on any atom is 0.140 e. The zero-order chi connectivity index (χ0) is 9.42. The van der Waals surface area contributed by atoms with Crippen LogP contribution in [0.4, 0.5) is 4.39 Å². The van der Waals surface area contributed by atoms with Crippen molar-refractivity contribution < 1.29 is 4.39 Å². The van der Waals surface area contributed by atoms with E-state index < -0.39 is 0 Å². The first-order valence-electron chi connectivity index (χ1n) is 4.33. The van der Waals surface area contributed by atoms with Crippen molar-refractivity contribution in [1.82, 2.24) is 4.90 Å². The highest BCUT2D eigenvalue weighted by Gasteiger charge is 2.17. The van der Waals surface area contributed by atoms with Gasteiger partial charge in [-0.05, 0) is 46.6 Å². The Kier molecular flexibility index (Phi) is 2.39. The quantitative estimate of drug-likeness (QED) is 0.678. The first kappa shape index (κ1) is 9.16. The van der Waals surface area contributed by atoms with Gasteiger partial charge in [0.1, 0.15) is 5.82 Å². The molecule has 0 saturated heterocycles. The smallest absolute Gasteiger partial charge is 0.140 e. The molecule has 0 aromatic heterocycles. The van der Waals surface area contributed by atoms with Crippen LogP contribution in [0, 0.1) is 5.82 Å². The first-order valence-corrected chi connectivity index (χ1v) is 5.12. The van der Waals surface area contributed by atoms with E-state index in [-0.39, 0.29) is 5.82 Å². The predicted molar refractivity (Wildman–Crippen MR) is 54.1 cm³/mol. The predicted octanol–water partition coefficient (Wildman–Crippen LogP) is 2.58. The summed E-state index contributed by atoms with van der Waals surface area (Å²) in [5.41, 5.74) is 2.00. The van der Waals surface area contributed by atoms with Crippen LogP contribution >= 0.6 is 15.9 Å².